The van der Waals surface area contributed by atoms with Crippen LogP contribution in [0.3, 0.4) is 0 Å². The molecule has 0 radical (unpaired) electrons. The van der Waals surface area contributed by atoms with Crippen molar-refractivity contribution in [2.45, 2.75) is 38.1 Å². The van der Waals surface area contributed by atoms with E-state index in [1.54, 1.807) is 6.07 Å². The van der Waals surface area contributed by atoms with Crippen LogP contribution in [0.5, 0.6) is 0 Å². The summed E-state index contributed by atoms with van der Waals surface area (Å²) in [6.07, 6.45) is 2.58. The maximum absolute atomic E-state index is 12.1. The molecule has 136 valence electrons. The van der Waals surface area contributed by atoms with E-state index in [0.717, 1.165) is 35.3 Å². The van der Waals surface area contributed by atoms with Crippen LogP contribution in [0.1, 0.15) is 32.4 Å². The van der Waals surface area contributed by atoms with Crippen LogP contribution >= 0.6 is 0 Å². The minimum atomic E-state index is -2.93. The van der Waals surface area contributed by atoms with Crippen molar-refractivity contribution in [2.24, 2.45) is 0 Å². The Morgan fingerprint density at radius 2 is 1.54 bits per heavy atom. The number of nitrogens with two attached hydrogens (primary N) is 1. The van der Waals surface area contributed by atoms with Gasteiger partial charge in [-0.3, -0.25) is 0 Å². The summed E-state index contributed by atoms with van der Waals surface area (Å²) < 4.78 is 4.94. The average Bonchev–Trinajstić information content (AvgIpc) is 3.07. The van der Waals surface area contributed by atoms with Gasteiger partial charge in [0.15, 0.2) is 0 Å². The van der Waals surface area contributed by atoms with E-state index in [1.165, 1.54) is 0 Å². The third kappa shape index (κ3) is 3.59. The Balaban J connectivity index is 1.87. The summed E-state index contributed by atoms with van der Waals surface area (Å²) in [6, 6.07) is 22.0. The van der Waals surface area contributed by atoms with Crippen molar-refractivity contribution in [3.63, 3.8) is 0 Å². The molecule has 0 fully saturated rings. The molecule has 0 saturated heterocycles. The van der Waals surface area contributed by atoms with Crippen molar-refractivity contribution in [2.75, 3.05) is 5.73 Å². The van der Waals surface area contributed by atoms with Crippen molar-refractivity contribution in [1.82, 2.24) is 5.16 Å². The quantitative estimate of drug-likeness (QED) is 0.630. The highest BCUT2D eigenvalue weighted by Gasteiger charge is 2.49. The molecule has 26 heavy (non-hydrogen) atoms. The lowest BCUT2D eigenvalue weighted by Gasteiger charge is -2.41. The van der Waals surface area contributed by atoms with E-state index in [4.69, 9.17) is 10.3 Å². The van der Waals surface area contributed by atoms with Crippen molar-refractivity contribution < 1.29 is 9.32 Å². The lowest BCUT2D eigenvalue weighted by Crippen LogP contribution is -2.65. The molecule has 1 heterocycles. The molecule has 0 amide bonds. The average molecular weight is 367 g/mol. The second-order valence-corrected chi connectivity index (χ2v) is 11.3. The number of nitrogens with zero attached hydrogens (tertiary/aromatic N) is 1. The number of aromatic nitrogens is 1. The summed E-state index contributed by atoms with van der Waals surface area (Å²) in [7, 11) is -2.93. The molecule has 3 aromatic rings. The van der Waals surface area contributed by atoms with E-state index in [2.05, 4.69) is 43.3 Å². The second kappa shape index (κ2) is 7.48. The minimum Gasteiger partial charge on any atom is -0.424 e. The largest absolute Gasteiger partial charge is 0.424 e. The van der Waals surface area contributed by atoms with Gasteiger partial charge >= 0.3 is 0 Å². The van der Waals surface area contributed by atoms with E-state index < -0.39 is 8.32 Å². The summed E-state index contributed by atoms with van der Waals surface area (Å²) in [5, 5.41) is 5.80. The summed E-state index contributed by atoms with van der Waals surface area (Å²) in [6.45, 7) is 4.35. The Labute approximate surface area is 155 Å². The Morgan fingerprint density at radius 1 is 1.00 bits per heavy atom. The molecule has 0 bridgehead atoms. The first-order valence-electron chi connectivity index (χ1n) is 8.98. The molecule has 3 N–H and O–H groups in total. The molecule has 0 aliphatic heterocycles. The number of hydrogen-bond acceptors (Lipinski definition) is 4. The van der Waals surface area contributed by atoms with E-state index in [1.807, 2.05) is 36.4 Å². The first-order chi connectivity index (χ1) is 12.4. The molecule has 2 aromatic carbocycles. The predicted molar refractivity (Wildman–Crippen MR) is 108 cm³/mol. The maximum Gasteiger partial charge on any atom is 0.258 e. The first kappa shape index (κ1) is 18.4. The van der Waals surface area contributed by atoms with Gasteiger partial charge in [-0.25, -0.2) is 0 Å². The molecular formula is C21H26N2O2Si. The number of aryl methyl sites for hydroxylation is 1. The van der Waals surface area contributed by atoms with Crippen LogP contribution in [0.15, 0.2) is 71.3 Å². The van der Waals surface area contributed by atoms with Crippen LogP contribution in [0.2, 0.25) is 5.04 Å². The molecule has 4 nitrogen and oxygen atoms in total. The van der Waals surface area contributed by atoms with Gasteiger partial charge in [0.05, 0.1) is 5.69 Å². The fraction of sp³-hybridized carbons (Fsp3) is 0.286. The molecule has 0 unspecified atom stereocenters. The standard InChI is InChI=1S/C21H26N2O2Si/c1-21(2,15-9-10-17-16-20(22)25-23-17)26(24,18-11-5-3-6-12-18)19-13-7-4-8-14-19/h3-8,11-14,16,24H,9-10,15,22H2,1-2H3. The Kier molecular flexibility index (Phi) is 5.30. The third-order valence-electron chi connectivity index (χ3n) is 5.17. The van der Waals surface area contributed by atoms with E-state index >= 15 is 0 Å². The van der Waals surface area contributed by atoms with E-state index in [-0.39, 0.29) is 5.04 Å². The Morgan fingerprint density at radius 3 is 2.00 bits per heavy atom. The van der Waals surface area contributed by atoms with Crippen molar-refractivity contribution in [3.05, 3.63) is 72.4 Å². The van der Waals surface area contributed by atoms with Gasteiger partial charge < -0.3 is 15.1 Å². The SMILES string of the molecule is CC(C)(CCCc1cc(N)on1)[Si](O)(c1ccccc1)c1ccccc1. The van der Waals surface area contributed by atoms with Gasteiger partial charge in [0.25, 0.3) is 8.32 Å². The molecular weight excluding hydrogens is 340 g/mol. The van der Waals surface area contributed by atoms with E-state index in [0.29, 0.717) is 5.88 Å². The van der Waals surface area contributed by atoms with Crippen molar-refractivity contribution >= 4 is 24.6 Å². The van der Waals surface area contributed by atoms with Crippen LogP contribution in [0, 0.1) is 0 Å². The molecule has 0 aliphatic carbocycles. The molecule has 0 atom stereocenters. The van der Waals surface area contributed by atoms with Gasteiger partial charge in [0.1, 0.15) is 0 Å². The number of hydrogen-bond donors (Lipinski definition) is 2. The Bertz CT molecular complexity index is 792. The first-order valence-corrected chi connectivity index (χ1v) is 10.9. The van der Waals surface area contributed by atoms with Crippen LogP contribution < -0.4 is 16.1 Å². The fourth-order valence-electron chi connectivity index (χ4n) is 3.65. The van der Waals surface area contributed by atoms with Gasteiger partial charge in [-0.05, 0) is 34.7 Å². The monoisotopic (exact) mass is 366 g/mol. The summed E-state index contributed by atoms with van der Waals surface area (Å²) in [5.74, 6) is 0.346. The zero-order valence-corrected chi connectivity index (χ0v) is 16.4. The normalized spacial score (nSPS) is 12.3. The number of nitrogen functional groups attached to an aromatic ring is 1. The molecule has 3 rings (SSSR count). The smallest absolute Gasteiger partial charge is 0.258 e. The van der Waals surface area contributed by atoms with Crippen LogP contribution in [-0.2, 0) is 6.42 Å². The van der Waals surface area contributed by atoms with Gasteiger partial charge in [0, 0.05) is 6.07 Å². The van der Waals surface area contributed by atoms with Gasteiger partial charge in [-0.2, -0.15) is 0 Å². The lowest BCUT2D eigenvalue weighted by molar-refractivity contribution is 0.421. The molecule has 5 heteroatoms. The highest BCUT2D eigenvalue weighted by atomic mass is 28.4. The molecule has 1 aromatic heterocycles. The molecule has 0 spiro atoms. The van der Waals surface area contributed by atoms with Crippen LogP contribution in [0.25, 0.3) is 0 Å². The summed E-state index contributed by atoms with van der Waals surface area (Å²) in [4.78, 5) is 12.1. The summed E-state index contributed by atoms with van der Waals surface area (Å²) >= 11 is 0. The molecule has 0 saturated carbocycles. The third-order valence-corrected chi connectivity index (χ3v) is 9.72. The van der Waals surface area contributed by atoms with Gasteiger partial charge in [0.2, 0.25) is 5.88 Å². The lowest BCUT2D eigenvalue weighted by atomic mass is 10.0. The molecule has 0 aliphatic rings. The number of benzene rings is 2. The number of rotatable bonds is 7. The minimum absolute atomic E-state index is 0.245. The van der Waals surface area contributed by atoms with Crippen LogP contribution in [-0.4, -0.2) is 18.3 Å². The fourth-order valence-corrected chi connectivity index (χ4v) is 7.43. The van der Waals surface area contributed by atoms with Crippen molar-refractivity contribution in [3.8, 4) is 0 Å². The van der Waals surface area contributed by atoms with Gasteiger partial charge in [-0.1, -0.05) is 79.7 Å². The van der Waals surface area contributed by atoms with Gasteiger partial charge in [-0.15, -0.1) is 0 Å². The second-order valence-electron chi connectivity index (χ2n) is 7.40. The maximum atomic E-state index is 12.1. The van der Waals surface area contributed by atoms with Crippen LogP contribution in [0.4, 0.5) is 5.88 Å². The zero-order valence-electron chi connectivity index (χ0n) is 15.4. The Hall–Kier alpha value is -2.37. The van der Waals surface area contributed by atoms with Crippen molar-refractivity contribution in [1.29, 1.82) is 0 Å². The summed E-state index contributed by atoms with van der Waals surface area (Å²) in [5.41, 5.74) is 6.46. The topological polar surface area (TPSA) is 72.3 Å². The highest BCUT2D eigenvalue weighted by molar-refractivity contribution is 6.98. The highest BCUT2D eigenvalue weighted by Crippen LogP contribution is 2.40. The van der Waals surface area contributed by atoms with E-state index in [9.17, 15) is 4.80 Å². The zero-order chi connectivity index (χ0) is 18.6. The predicted octanol–water partition coefficient (Wildman–Crippen LogP) is 3.11. The number of anilines is 1.